The molecule has 2 aliphatic carbocycles. The number of rotatable bonds is 6. The van der Waals surface area contributed by atoms with E-state index in [0.717, 1.165) is 24.3 Å². The third kappa shape index (κ3) is 3.03. The Labute approximate surface area is 121 Å². The van der Waals surface area contributed by atoms with Crippen LogP contribution < -0.4 is 5.32 Å². The molecule has 0 saturated heterocycles. The zero-order valence-electron chi connectivity index (χ0n) is 12.2. The molecule has 0 aromatic carbocycles. The van der Waals surface area contributed by atoms with Crippen LogP contribution >= 0.6 is 11.3 Å². The number of nitrogens with zero attached hydrogens (tertiary/aromatic N) is 1. The van der Waals surface area contributed by atoms with Crippen molar-refractivity contribution < 1.29 is 0 Å². The molecule has 2 bridgehead atoms. The van der Waals surface area contributed by atoms with Crippen molar-refractivity contribution in [2.24, 2.45) is 17.8 Å². The Morgan fingerprint density at radius 1 is 1.42 bits per heavy atom. The van der Waals surface area contributed by atoms with Crippen LogP contribution in [-0.2, 0) is 0 Å². The summed E-state index contributed by atoms with van der Waals surface area (Å²) in [4.78, 5) is 4.72. The van der Waals surface area contributed by atoms with Crippen LogP contribution in [-0.4, -0.2) is 11.5 Å². The molecule has 106 valence electrons. The standard InChI is InChI=1S/C16H26N2S/c1-3-6-17-15(16-10-19-11(2)18-16)9-14-8-12-4-5-13(14)7-12/h10,12-15,17H,3-9H2,1-2H3. The lowest BCUT2D eigenvalue weighted by Crippen LogP contribution is -2.26. The summed E-state index contributed by atoms with van der Waals surface area (Å²) >= 11 is 1.79. The van der Waals surface area contributed by atoms with E-state index in [2.05, 4.69) is 24.5 Å². The average Bonchev–Trinajstić information content (AvgIpc) is 3.10. The number of aryl methyl sites for hydroxylation is 1. The predicted octanol–water partition coefficient (Wildman–Crippen LogP) is 4.32. The minimum Gasteiger partial charge on any atom is -0.309 e. The van der Waals surface area contributed by atoms with Crippen molar-refractivity contribution in [2.75, 3.05) is 6.54 Å². The van der Waals surface area contributed by atoms with Crippen molar-refractivity contribution in [1.29, 1.82) is 0 Å². The fraction of sp³-hybridized carbons (Fsp3) is 0.812. The zero-order valence-corrected chi connectivity index (χ0v) is 13.0. The summed E-state index contributed by atoms with van der Waals surface area (Å²) in [5.74, 6) is 3.03. The molecule has 2 nitrogen and oxygen atoms in total. The van der Waals surface area contributed by atoms with Crippen LogP contribution in [0.5, 0.6) is 0 Å². The van der Waals surface area contributed by atoms with E-state index in [1.54, 1.807) is 11.3 Å². The number of thiazole rings is 1. The van der Waals surface area contributed by atoms with Gasteiger partial charge in [0.05, 0.1) is 16.7 Å². The van der Waals surface area contributed by atoms with Crippen molar-refractivity contribution in [2.45, 2.75) is 58.4 Å². The number of fused-ring (bicyclic) bond motifs is 2. The summed E-state index contributed by atoms with van der Waals surface area (Å²) in [6, 6.07) is 0.495. The molecular weight excluding hydrogens is 252 g/mol. The normalized spacial score (nSPS) is 30.9. The minimum absolute atomic E-state index is 0.495. The van der Waals surface area contributed by atoms with Crippen LogP contribution in [0.3, 0.4) is 0 Å². The topological polar surface area (TPSA) is 24.9 Å². The highest BCUT2D eigenvalue weighted by Crippen LogP contribution is 2.50. The quantitative estimate of drug-likeness (QED) is 0.838. The Bertz CT molecular complexity index is 415. The molecule has 1 aromatic rings. The highest BCUT2D eigenvalue weighted by Gasteiger charge is 2.40. The van der Waals surface area contributed by atoms with Gasteiger partial charge < -0.3 is 5.32 Å². The maximum Gasteiger partial charge on any atom is 0.0898 e. The van der Waals surface area contributed by atoms with Crippen LogP contribution in [0.25, 0.3) is 0 Å². The minimum atomic E-state index is 0.495. The van der Waals surface area contributed by atoms with E-state index in [0.29, 0.717) is 6.04 Å². The van der Waals surface area contributed by atoms with Gasteiger partial charge in [-0.3, -0.25) is 0 Å². The predicted molar refractivity (Wildman–Crippen MR) is 81.4 cm³/mol. The second kappa shape index (κ2) is 5.92. The van der Waals surface area contributed by atoms with Gasteiger partial charge in [-0.05, 0) is 63.3 Å². The highest BCUT2D eigenvalue weighted by atomic mass is 32.1. The second-order valence-corrected chi connectivity index (χ2v) is 7.53. The van der Waals surface area contributed by atoms with Gasteiger partial charge in [-0.15, -0.1) is 11.3 Å². The number of hydrogen-bond acceptors (Lipinski definition) is 3. The summed E-state index contributed by atoms with van der Waals surface area (Å²) in [5.41, 5.74) is 1.29. The van der Waals surface area contributed by atoms with E-state index in [9.17, 15) is 0 Å². The highest BCUT2D eigenvalue weighted by molar-refractivity contribution is 7.09. The van der Waals surface area contributed by atoms with Gasteiger partial charge in [-0.2, -0.15) is 0 Å². The van der Waals surface area contributed by atoms with E-state index >= 15 is 0 Å². The van der Waals surface area contributed by atoms with Crippen molar-refractivity contribution in [3.8, 4) is 0 Å². The largest absolute Gasteiger partial charge is 0.309 e. The van der Waals surface area contributed by atoms with Gasteiger partial charge in [-0.1, -0.05) is 13.3 Å². The third-order valence-corrected chi connectivity index (χ3v) is 5.85. The molecule has 1 N–H and O–H groups in total. The molecule has 2 saturated carbocycles. The average molecular weight is 278 g/mol. The summed E-state index contributed by atoms with van der Waals surface area (Å²) < 4.78 is 0. The molecule has 0 spiro atoms. The summed E-state index contributed by atoms with van der Waals surface area (Å²) in [7, 11) is 0. The van der Waals surface area contributed by atoms with Crippen LogP contribution in [0, 0.1) is 24.7 Å². The number of nitrogens with one attached hydrogen (secondary N) is 1. The Balaban J connectivity index is 1.65. The Kier molecular flexibility index (Phi) is 4.23. The number of aromatic nitrogens is 1. The molecule has 19 heavy (non-hydrogen) atoms. The van der Waals surface area contributed by atoms with Gasteiger partial charge in [0.25, 0.3) is 0 Å². The van der Waals surface area contributed by atoms with Crippen molar-refractivity contribution in [1.82, 2.24) is 10.3 Å². The maximum atomic E-state index is 4.72. The zero-order chi connectivity index (χ0) is 13.2. The number of hydrogen-bond donors (Lipinski definition) is 1. The SMILES string of the molecule is CCCNC(CC1CC2CCC1C2)c1csc(C)n1. The fourth-order valence-corrected chi connectivity index (χ4v) is 4.80. The monoisotopic (exact) mass is 278 g/mol. The van der Waals surface area contributed by atoms with Gasteiger partial charge in [0.2, 0.25) is 0 Å². The third-order valence-electron chi connectivity index (χ3n) is 5.06. The molecule has 1 aromatic heterocycles. The summed E-state index contributed by atoms with van der Waals surface area (Å²) in [6.45, 7) is 5.47. The first-order chi connectivity index (χ1) is 9.26. The van der Waals surface area contributed by atoms with Crippen molar-refractivity contribution >= 4 is 11.3 Å². The molecule has 2 aliphatic rings. The lowest BCUT2D eigenvalue weighted by molar-refractivity contribution is 0.277. The Hall–Kier alpha value is -0.410. The van der Waals surface area contributed by atoms with Gasteiger partial charge >= 0.3 is 0 Å². The van der Waals surface area contributed by atoms with Crippen molar-refractivity contribution in [3.63, 3.8) is 0 Å². The smallest absolute Gasteiger partial charge is 0.0898 e. The first-order valence-corrected chi connectivity index (χ1v) is 8.79. The summed E-state index contributed by atoms with van der Waals surface area (Å²) in [5, 5.41) is 7.19. The molecule has 0 amide bonds. The maximum absolute atomic E-state index is 4.72. The molecule has 4 atom stereocenters. The second-order valence-electron chi connectivity index (χ2n) is 6.47. The van der Waals surface area contributed by atoms with Gasteiger partial charge in [0.15, 0.2) is 0 Å². The Morgan fingerprint density at radius 3 is 2.89 bits per heavy atom. The van der Waals surface area contributed by atoms with E-state index in [-0.39, 0.29) is 0 Å². The van der Waals surface area contributed by atoms with Crippen LogP contribution in [0.4, 0.5) is 0 Å². The molecule has 1 heterocycles. The van der Waals surface area contributed by atoms with E-state index in [1.807, 2.05) is 0 Å². The molecule has 3 heteroatoms. The molecule has 4 unspecified atom stereocenters. The van der Waals surface area contributed by atoms with E-state index in [4.69, 9.17) is 4.98 Å². The van der Waals surface area contributed by atoms with Gasteiger partial charge in [0, 0.05) is 5.38 Å². The first kappa shape index (κ1) is 13.6. The van der Waals surface area contributed by atoms with Crippen LogP contribution in [0.1, 0.15) is 62.2 Å². The van der Waals surface area contributed by atoms with Crippen molar-refractivity contribution in [3.05, 3.63) is 16.1 Å². The molecule has 0 aliphatic heterocycles. The first-order valence-electron chi connectivity index (χ1n) is 7.91. The molecular formula is C16H26N2S. The molecule has 2 fully saturated rings. The lowest BCUT2D eigenvalue weighted by atomic mass is 9.83. The van der Waals surface area contributed by atoms with Crippen LogP contribution in [0.15, 0.2) is 5.38 Å². The molecule has 3 rings (SSSR count). The Morgan fingerprint density at radius 2 is 2.32 bits per heavy atom. The van der Waals surface area contributed by atoms with Crippen LogP contribution in [0.2, 0.25) is 0 Å². The van der Waals surface area contributed by atoms with E-state index in [1.165, 1.54) is 49.2 Å². The van der Waals surface area contributed by atoms with E-state index < -0.39 is 0 Å². The van der Waals surface area contributed by atoms with Gasteiger partial charge in [-0.25, -0.2) is 4.98 Å². The molecule has 0 radical (unpaired) electrons. The summed E-state index contributed by atoms with van der Waals surface area (Å²) in [6.07, 6.45) is 8.51. The lowest BCUT2D eigenvalue weighted by Gasteiger charge is -2.26. The fourth-order valence-electron chi connectivity index (χ4n) is 4.14. The van der Waals surface area contributed by atoms with Gasteiger partial charge in [0.1, 0.15) is 0 Å².